The van der Waals surface area contributed by atoms with Crippen molar-refractivity contribution in [2.75, 3.05) is 26.2 Å². The van der Waals surface area contributed by atoms with Gasteiger partial charge < -0.3 is 4.90 Å². The molecule has 1 unspecified atom stereocenters. The Hall–Kier alpha value is -2.25. The van der Waals surface area contributed by atoms with Crippen LogP contribution in [0, 0.1) is 10.1 Å². The lowest BCUT2D eigenvalue weighted by Crippen LogP contribution is -2.49. The number of hydrogen-bond donors (Lipinski definition) is 0. The molecule has 1 aliphatic rings. The van der Waals surface area contributed by atoms with Gasteiger partial charge in [0.2, 0.25) is 0 Å². The third-order valence-electron chi connectivity index (χ3n) is 4.44. The van der Waals surface area contributed by atoms with Crippen molar-refractivity contribution in [1.82, 2.24) is 9.80 Å². The molecule has 1 saturated heterocycles. The minimum Gasteiger partial charge on any atom is -0.335 e. The molecule has 1 aromatic carbocycles. The summed E-state index contributed by atoms with van der Waals surface area (Å²) >= 11 is 1.46. The number of piperazine rings is 1. The van der Waals surface area contributed by atoms with Crippen LogP contribution in [0.4, 0.5) is 5.69 Å². The predicted molar refractivity (Wildman–Crippen MR) is 93.3 cm³/mol. The van der Waals surface area contributed by atoms with Gasteiger partial charge in [-0.25, -0.2) is 0 Å². The Kier molecular flexibility index (Phi) is 4.92. The molecule has 2 aromatic rings. The maximum Gasteiger partial charge on any atom is 0.269 e. The molecule has 1 atom stereocenters. The summed E-state index contributed by atoms with van der Waals surface area (Å²) in [5.74, 6) is 0.0904. The van der Waals surface area contributed by atoms with Crippen LogP contribution in [0.1, 0.15) is 28.2 Å². The summed E-state index contributed by atoms with van der Waals surface area (Å²) in [5.41, 5.74) is 1.05. The van der Waals surface area contributed by atoms with Crippen molar-refractivity contribution >= 4 is 22.9 Å². The fourth-order valence-electron chi connectivity index (χ4n) is 2.98. The zero-order valence-corrected chi connectivity index (χ0v) is 14.2. The molecule has 1 fully saturated rings. The lowest BCUT2D eigenvalue weighted by Gasteiger charge is -2.38. The summed E-state index contributed by atoms with van der Waals surface area (Å²) in [7, 11) is 0. The van der Waals surface area contributed by atoms with E-state index in [4.69, 9.17) is 0 Å². The van der Waals surface area contributed by atoms with Gasteiger partial charge in [-0.15, -0.1) is 11.3 Å². The van der Waals surface area contributed by atoms with E-state index in [-0.39, 0.29) is 22.6 Å². The van der Waals surface area contributed by atoms with E-state index >= 15 is 0 Å². The Labute approximate surface area is 144 Å². The van der Waals surface area contributed by atoms with E-state index in [1.807, 2.05) is 28.5 Å². The predicted octanol–water partition coefficient (Wildman–Crippen LogP) is 3.18. The molecular formula is C17H19N3O3S. The van der Waals surface area contributed by atoms with Crippen molar-refractivity contribution in [3.8, 4) is 0 Å². The molecule has 0 bridgehead atoms. The van der Waals surface area contributed by atoms with Crippen LogP contribution < -0.4 is 0 Å². The van der Waals surface area contributed by atoms with E-state index in [0.29, 0.717) is 13.1 Å². The minimum absolute atomic E-state index is 0.0869. The molecule has 6 nitrogen and oxygen atoms in total. The number of amides is 1. The maximum atomic E-state index is 12.4. The second kappa shape index (κ2) is 7.11. The summed E-state index contributed by atoms with van der Waals surface area (Å²) in [5, 5.41) is 12.8. The highest BCUT2D eigenvalue weighted by Crippen LogP contribution is 2.25. The van der Waals surface area contributed by atoms with Crippen LogP contribution in [0.25, 0.3) is 0 Å². The van der Waals surface area contributed by atoms with Crippen LogP contribution in [0.2, 0.25) is 0 Å². The van der Waals surface area contributed by atoms with E-state index in [1.54, 1.807) is 12.1 Å². The number of nitrogens with zero attached hydrogens (tertiary/aromatic N) is 3. The number of hydrogen-bond acceptors (Lipinski definition) is 5. The summed E-state index contributed by atoms with van der Waals surface area (Å²) < 4.78 is 0. The van der Waals surface area contributed by atoms with E-state index in [9.17, 15) is 14.9 Å². The van der Waals surface area contributed by atoms with Crippen molar-refractivity contribution in [3.63, 3.8) is 0 Å². The van der Waals surface area contributed by atoms with Crippen molar-refractivity contribution in [3.05, 3.63) is 62.3 Å². The highest BCUT2D eigenvalue weighted by molar-refractivity contribution is 7.12. The number of carbonyl (C=O) groups is 1. The number of nitro benzene ring substituents is 1. The zero-order chi connectivity index (χ0) is 17.1. The Bertz CT molecular complexity index is 724. The van der Waals surface area contributed by atoms with Crippen LogP contribution in [-0.4, -0.2) is 46.8 Å². The summed E-state index contributed by atoms with van der Waals surface area (Å²) in [6, 6.07) is 10.6. The van der Waals surface area contributed by atoms with Crippen LogP contribution in [0.5, 0.6) is 0 Å². The Morgan fingerprint density at radius 3 is 2.58 bits per heavy atom. The van der Waals surface area contributed by atoms with Crippen LogP contribution in [0.3, 0.4) is 0 Å². The Balaban J connectivity index is 1.63. The smallest absolute Gasteiger partial charge is 0.269 e. The van der Waals surface area contributed by atoms with E-state index in [0.717, 1.165) is 23.5 Å². The molecule has 0 aliphatic carbocycles. The van der Waals surface area contributed by atoms with Gasteiger partial charge >= 0.3 is 0 Å². The molecular weight excluding hydrogens is 326 g/mol. The van der Waals surface area contributed by atoms with Gasteiger partial charge in [0, 0.05) is 44.4 Å². The Morgan fingerprint density at radius 2 is 1.96 bits per heavy atom. The van der Waals surface area contributed by atoms with Crippen molar-refractivity contribution in [2.45, 2.75) is 13.0 Å². The minimum atomic E-state index is -0.367. The van der Waals surface area contributed by atoms with Gasteiger partial charge in [-0.3, -0.25) is 19.8 Å². The van der Waals surface area contributed by atoms with Gasteiger partial charge in [0.05, 0.1) is 9.80 Å². The fourth-order valence-corrected chi connectivity index (χ4v) is 3.67. The molecule has 126 valence electrons. The normalized spacial score (nSPS) is 16.8. The van der Waals surface area contributed by atoms with Gasteiger partial charge in [0.15, 0.2) is 0 Å². The van der Waals surface area contributed by atoms with Crippen LogP contribution in [0.15, 0.2) is 41.8 Å². The largest absolute Gasteiger partial charge is 0.335 e. The standard InChI is InChI=1S/C17H19N3O3S/c1-13(14-4-2-5-15(12-14)20(22)23)18-7-9-19(10-8-18)17(21)16-6-3-11-24-16/h2-6,11-13H,7-10H2,1H3. The lowest BCUT2D eigenvalue weighted by atomic mass is 10.1. The quantitative estimate of drug-likeness (QED) is 0.630. The highest BCUT2D eigenvalue weighted by atomic mass is 32.1. The molecule has 0 N–H and O–H groups in total. The molecule has 7 heteroatoms. The molecule has 0 spiro atoms. The molecule has 1 amide bonds. The molecule has 0 saturated carbocycles. The zero-order valence-electron chi connectivity index (χ0n) is 13.4. The lowest BCUT2D eigenvalue weighted by molar-refractivity contribution is -0.385. The van der Waals surface area contributed by atoms with Crippen molar-refractivity contribution in [1.29, 1.82) is 0 Å². The average molecular weight is 345 g/mol. The molecule has 0 radical (unpaired) electrons. The number of nitro groups is 1. The molecule has 1 aromatic heterocycles. The second-order valence-electron chi connectivity index (χ2n) is 5.83. The number of non-ortho nitro benzene ring substituents is 1. The van der Waals surface area contributed by atoms with Gasteiger partial charge in [0.1, 0.15) is 0 Å². The number of benzene rings is 1. The molecule has 2 heterocycles. The van der Waals surface area contributed by atoms with Crippen LogP contribution >= 0.6 is 11.3 Å². The highest BCUT2D eigenvalue weighted by Gasteiger charge is 2.26. The van der Waals surface area contributed by atoms with Crippen molar-refractivity contribution < 1.29 is 9.72 Å². The molecule has 3 rings (SSSR count). The number of thiophene rings is 1. The Morgan fingerprint density at radius 1 is 1.21 bits per heavy atom. The van der Waals surface area contributed by atoms with Crippen LogP contribution in [-0.2, 0) is 0 Å². The summed E-state index contributed by atoms with van der Waals surface area (Å²) in [6.07, 6.45) is 0. The second-order valence-corrected chi connectivity index (χ2v) is 6.78. The van der Waals surface area contributed by atoms with E-state index < -0.39 is 0 Å². The third-order valence-corrected chi connectivity index (χ3v) is 5.30. The van der Waals surface area contributed by atoms with Gasteiger partial charge in [-0.05, 0) is 23.9 Å². The van der Waals surface area contributed by atoms with Crippen molar-refractivity contribution in [2.24, 2.45) is 0 Å². The first-order chi connectivity index (χ1) is 11.6. The topological polar surface area (TPSA) is 66.7 Å². The number of carbonyl (C=O) groups excluding carboxylic acids is 1. The van der Waals surface area contributed by atoms with E-state index in [1.165, 1.54) is 17.4 Å². The SMILES string of the molecule is CC(c1cccc([N+](=O)[O-])c1)N1CCN(C(=O)c2cccs2)CC1. The van der Waals surface area contributed by atoms with Gasteiger partial charge in [-0.2, -0.15) is 0 Å². The van der Waals surface area contributed by atoms with Gasteiger partial charge in [0.25, 0.3) is 11.6 Å². The monoisotopic (exact) mass is 345 g/mol. The number of rotatable bonds is 4. The first-order valence-corrected chi connectivity index (χ1v) is 8.75. The molecule has 24 heavy (non-hydrogen) atoms. The van der Waals surface area contributed by atoms with E-state index in [2.05, 4.69) is 11.8 Å². The fraction of sp³-hybridized carbons (Fsp3) is 0.353. The maximum absolute atomic E-state index is 12.4. The molecule has 1 aliphatic heterocycles. The van der Waals surface area contributed by atoms with Gasteiger partial charge in [-0.1, -0.05) is 18.2 Å². The summed E-state index contributed by atoms with van der Waals surface area (Å²) in [6.45, 7) is 4.93. The average Bonchev–Trinajstić information content (AvgIpc) is 3.15. The first kappa shape index (κ1) is 16.6. The third kappa shape index (κ3) is 3.47. The summed E-state index contributed by atoms with van der Waals surface area (Å²) in [4.78, 5) is 27.8. The first-order valence-electron chi connectivity index (χ1n) is 7.87.